The molecule has 0 bridgehead atoms. The first-order chi connectivity index (χ1) is 10.7. The van der Waals surface area contributed by atoms with Gasteiger partial charge in [0, 0.05) is 31.0 Å². The first-order valence-electron chi connectivity index (χ1n) is 7.84. The number of likely N-dealkylation sites (tertiary alicyclic amines) is 1. The van der Waals surface area contributed by atoms with Crippen LogP contribution in [0.3, 0.4) is 0 Å². The van der Waals surface area contributed by atoms with E-state index < -0.39 is 0 Å². The maximum absolute atomic E-state index is 6.54. The Hall–Kier alpha value is -2.00. The van der Waals surface area contributed by atoms with Crippen molar-refractivity contribution in [1.29, 1.82) is 0 Å². The van der Waals surface area contributed by atoms with E-state index in [2.05, 4.69) is 48.3 Å². The fraction of sp³-hybridized carbons (Fsp3) is 0.368. The molecule has 0 aliphatic carbocycles. The summed E-state index contributed by atoms with van der Waals surface area (Å²) in [4.78, 5) is 2.40. The van der Waals surface area contributed by atoms with E-state index in [1.54, 1.807) is 7.11 Å². The zero-order valence-corrected chi connectivity index (χ0v) is 13.1. The highest BCUT2D eigenvalue weighted by atomic mass is 16.5. The van der Waals surface area contributed by atoms with Crippen LogP contribution in [0.15, 0.2) is 48.5 Å². The van der Waals surface area contributed by atoms with Gasteiger partial charge in [0.1, 0.15) is 17.1 Å². The summed E-state index contributed by atoms with van der Waals surface area (Å²) in [6, 6.07) is 16.9. The van der Waals surface area contributed by atoms with Crippen LogP contribution < -0.4 is 9.47 Å². The summed E-state index contributed by atoms with van der Waals surface area (Å²) in [5.41, 5.74) is 2.36. The Morgan fingerprint density at radius 2 is 1.91 bits per heavy atom. The Kier molecular flexibility index (Phi) is 3.12. The lowest BCUT2D eigenvalue weighted by molar-refractivity contribution is 0.00700. The molecule has 0 radical (unpaired) electrons. The van der Waals surface area contributed by atoms with E-state index >= 15 is 0 Å². The van der Waals surface area contributed by atoms with Crippen LogP contribution in [0.2, 0.25) is 0 Å². The molecule has 0 saturated carbocycles. The monoisotopic (exact) mass is 295 g/mol. The largest absolute Gasteiger partial charge is 0.497 e. The van der Waals surface area contributed by atoms with Crippen molar-refractivity contribution in [2.45, 2.75) is 17.9 Å². The molecule has 0 unspecified atom stereocenters. The zero-order valence-electron chi connectivity index (χ0n) is 13.1. The van der Waals surface area contributed by atoms with E-state index in [0.717, 1.165) is 31.0 Å². The molecule has 2 aromatic rings. The summed E-state index contributed by atoms with van der Waals surface area (Å²) in [5.74, 6) is 2.31. The Bertz CT molecular complexity index is 682. The minimum Gasteiger partial charge on any atom is -0.497 e. The van der Waals surface area contributed by atoms with Crippen LogP contribution in [0, 0.1) is 0 Å². The predicted molar refractivity (Wildman–Crippen MR) is 86.6 cm³/mol. The molecule has 2 heterocycles. The number of hydrogen-bond acceptors (Lipinski definition) is 3. The van der Waals surface area contributed by atoms with Crippen LogP contribution in [0.5, 0.6) is 11.5 Å². The molecule has 0 aromatic heterocycles. The van der Waals surface area contributed by atoms with Gasteiger partial charge in [-0.3, -0.25) is 0 Å². The lowest BCUT2D eigenvalue weighted by Gasteiger charge is -2.42. The van der Waals surface area contributed by atoms with E-state index in [0.29, 0.717) is 5.92 Å². The van der Waals surface area contributed by atoms with Crippen molar-refractivity contribution in [2.24, 2.45) is 0 Å². The average Bonchev–Trinajstić information content (AvgIpc) is 2.90. The molecular weight excluding hydrogens is 274 g/mol. The number of para-hydroxylation sites is 1. The lowest BCUT2D eigenvalue weighted by atomic mass is 9.74. The quantitative estimate of drug-likeness (QED) is 0.847. The molecule has 2 aromatic carbocycles. The zero-order chi connectivity index (χ0) is 15.2. The molecule has 0 spiro atoms. The maximum Gasteiger partial charge on any atom is 0.143 e. The summed E-state index contributed by atoms with van der Waals surface area (Å²) < 4.78 is 11.8. The topological polar surface area (TPSA) is 21.7 Å². The molecule has 114 valence electrons. The van der Waals surface area contributed by atoms with Crippen molar-refractivity contribution in [1.82, 2.24) is 4.90 Å². The Balaban J connectivity index is 1.80. The molecule has 22 heavy (non-hydrogen) atoms. The number of rotatable bonds is 2. The number of piperidine rings is 1. The van der Waals surface area contributed by atoms with Gasteiger partial charge in [0.05, 0.1) is 7.11 Å². The fourth-order valence-electron chi connectivity index (χ4n) is 3.89. The normalized spacial score (nSPS) is 26.9. The number of fused-ring (bicyclic) bond motifs is 3. The van der Waals surface area contributed by atoms with Gasteiger partial charge in [-0.1, -0.05) is 30.3 Å². The second kappa shape index (κ2) is 5.03. The van der Waals surface area contributed by atoms with Gasteiger partial charge < -0.3 is 14.4 Å². The van der Waals surface area contributed by atoms with Crippen LogP contribution in [0.1, 0.15) is 23.5 Å². The summed E-state index contributed by atoms with van der Waals surface area (Å²) >= 11 is 0. The summed E-state index contributed by atoms with van der Waals surface area (Å²) in [6.45, 7) is 2.08. The Morgan fingerprint density at radius 1 is 1.14 bits per heavy atom. The number of ether oxygens (including phenoxy) is 2. The van der Waals surface area contributed by atoms with E-state index in [9.17, 15) is 0 Å². The van der Waals surface area contributed by atoms with Crippen LogP contribution in [-0.2, 0) is 5.60 Å². The van der Waals surface area contributed by atoms with Crippen LogP contribution >= 0.6 is 0 Å². The highest BCUT2D eigenvalue weighted by molar-refractivity contribution is 5.48. The average molecular weight is 295 g/mol. The number of benzene rings is 2. The molecule has 2 atom stereocenters. The van der Waals surface area contributed by atoms with Crippen molar-refractivity contribution in [2.75, 3.05) is 27.2 Å². The third-order valence-corrected chi connectivity index (χ3v) is 5.09. The Morgan fingerprint density at radius 3 is 2.68 bits per heavy atom. The van der Waals surface area contributed by atoms with Gasteiger partial charge in [-0.25, -0.2) is 0 Å². The molecule has 3 nitrogen and oxygen atoms in total. The third kappa shape index (κ3) is 1.92. The number of nitrogens with zero attached hydrogens (tertiary/aromatic N) is 1. The third-order valence-electron chi connectivity index (χ3n) is 5.09. The second-order valence-electron chi connectivity index (χ2n) is 6.32. The summed E-state index contributed by atoms with van der Waals surface area (Å²) in [6.07, 6.45) is 1.01. The van der Waals surface area contributed by atoms with Crippen LogP contribution in [0.25, 0.3) is 0 Å². The lowest BCUT2D eigenvalue weighted by Crippen LogP contribution is -2.47. The number of likely N-dealkylation sites (N-methyl/N-ethyl adjacent to an activating group) is 1. The Labute approximate surface area is 131 Å². The second-order valence-corrected chi connectivity index (χ2v) is 6.32. The molecule has 2 aliphatic heterocycles. The van der Waals surface area contributed by atoms with Gasteiger partial charge in [0.15, 0.2) is 0 Å². The van der Waals surface area contributed by atoms with Crippen molar-refractivity contribution in [3.05, 3.63) is 59.7 Å². The molecule has 2 aliphatic rings. The van der Waals surface area contributed by atoms with E-state index in [-0.39, 0.29) is 5.60 Å². The standard InChI is InChI=1S/C19H21NO2/c1-20-12-11-19(14-7-9-15(21-2)10-8-14)17(13-20)16-5-3-4-6-18(16)22-19/h3-10,17H,11-13H2,1-2H3/t17-,19+/m1/s1. The number of hydrogen-bond donors (Lipinski definition) is 0. The minimum atomic E-state index is -0.234. The van der Waals surface area contributed by atoms with Crippen molar-refractivity contribution < 1.29 is 9.47 Å². The smallest absolute Gasteiger partial charge is 0.143 e. The molecule has 1 saturated heterocycles. The number of methoxy groups -OCH3 is 1. The van der Waals surface area contributed by atoms with Crippen molar-refractivity contribution in [3.8, 4) is 11.5 Å². The van der Waals surface area contributed by atoms with Crippen LogP contribution in [-0.4, -0.2) is 32.1 Å². The molecular formula is C19H21NO2. The van der Waals surface area contributed by atoms with Gasteiger partial charge in [-0.15, -0.1) is 0 Å². The highest BCUT2D eigenvalue weighted by Gasteiger charge is 2.51. The van der Waals surface area contributed by atoms with E-state index in [1.165, 1.54) is 11.1 Å². The highest BCUT2D eigenvalue weighted by Crippen LogP contribution is 2.54. The first kappa shape index (κ1) is 13.6. The molecule has 0 amide bonds. The maximum atomic E-state index is 6.54. The minimum absolute atomic E-state index is 0.234. The van der Waals surface area contributed by atoms with Crippen molar-refractivity contribution >= 4 is 0 Å². The fourth-order valence-corrected chi connectivity index (χ4v) is 3.89. The SMILES string of the molecule is COc1ccc([C@@]23CCN(C)C[C@@H]2c2ccccc2O3)cc1. The molecule has 3 heteroatoms. The van der Waals surface area contributed by atoms with E-state index in [4.69, 9.17) is 9.47 Å². The van der Waals surface area contributed by atoms with Gasteiger partial charge in [-0.05, 0) is 30.8 Å². The summed E-state index contributed by atoms with van der Waals surface area (Å²) in [5, 5.41) is 0. The molecule has 1 fully saturated rings. The van der Waals surface area contributed by atoms with Gasteiger partial charge >= 0.3 is 0 Å². The molecule has 4 rings (SSSR count). The van der Waals surface area contributed by atoms with Crippen molar-refractivity contribution in [3.63, 3.8) is 0 Å². The molecule has 0 N–H and O–H groups in total. The van der Waals surface area contributed by atoms with Gasteiger partial charge in [0.2, 0.25) is 0 Å². The van der Waals surface area contributed by atoms with E-state index in [1.807, 2.05) is 12.1 Å². The predicted octanol–water partition coefficient (Wildman–Crippen LogP) is 3.40. The van der Waals surface area contributed by atoms with Gasteiger partial charge in [0.25, 0.3) is 0 Å². The van der Waals surface area contributed by atoms with Crippen LogP contribution in [0.4, 0.5) is 0 Å². The first-order valence-corrected chi connectivity index (χ1v) is 7.84. The van der Waals surface area contributed by atoms with Gasteiger partial charge in [-0.2, -0.15) is 0 Å². The summed E-state index contributed by atoms with van der Waals surface area (Å²) in [7, 11) is 3.90.